The summed E-state index contributed by atoms with van der Waals surface area (Å²) in [6.45, 7) is 4.98. The van der Waals surface area contributed by atoms with E-state index in [4.69, 9.17) is 21.7 Å². The number of benzene rings is 2. The van der Waals surface area contributed by atoms with Crippen molar-refractivity contribution in [2.24, 2.45) is 0 Å². The first-order valence-corrected chi connectivity index (χ1v) is 9.00. The Bertz CT molecular complexity index is 872. The number of hydrogen-bond donors (Lipinski definition) is 2. The van der Waals surface area contributed by atoms with Crippen molar-refractivity contribution < 1.29 is 19.2 Å². The molecular formula is C19H21N3O5S. The highest BCUT2D eigenvalue weighted by atomic mass is 32.1. The number of aryl methyl sites for hydroxylation is 1. The summed E-state index contributed by atoms with van der Waals surface area (Å²) in [7, 11) is 0. The molecule has 0 spiro atoms. The molecule has 0 aliphatic heterocycles. The molecule has 0 aromatic heterocycles. The molecule has 28 heavy (non-hydrogen) atoms. The molecule has 1 amide bonds. The second-order valence-corrected chi connectivity index (χ2v) is 6.11. The van der Waals surface area contributed by atoms with Crippen LogP contribution in [0, 0.1) is 17.0 Å². The number of nitro groups is 1. The SMILES string of the molecule is CCOCCOc1ccccc1C(=O)NC(=S)Nc1cc([N+](=O)[O-])ccc1C. The highest BCUT2D eigenvalue weighted by molar-refractivity contribution is 7.80. The molecule has 2 aromatic carbocycles. The lowest BCUT2D eigenvalue weighted by Gasteiger charge is -2.14. The Kier molecular flexibility index (Phi) is 7.85. The van der Waals surface area contributed by atoms with Crippen LogP contribution in [0.15, 0.2) is 42.5 Å². The molecule has 0 aliphatic rings. The first-order valence-electron chi connectivity index (χ1n) is 8.59. The molecule has 0 saturated carbocycles. The number of ether oxygens (including phenoxy) is 2. The van der Waals surface area contributed by atoms with Crippen LogP contribution in [0.2, 0.25) is 0 Å². The van der Waals surface area contributed by atoms with Gasteiger partial charge in [0.15, 0.2) is 5.11 Å². The van der Waals surface area contributed by atoms with Crippen LogP contribution < -0.4 is 15.4 Å². The standard InChI is InChI=1S/C19H21N3O5S/c1-3-26-10-11-27-17-7-5-4-6-15(17)18(23)21-19(28)20-16-12-14(22(24)25)9-8-13(16)2/h4-9,12H,3,10-11H2,1-2H3,(H2,20,21,23,28). The lowest BCUT2D eigenvalue weighted by molar-refractivity contribution is -0.384. The van der Waals surface area contributed by atoms with Gasteiger partial charge in [-0.05, 0) is 43.8 Å². The topological polar surface area (TPSA) is 103 Å². The highest BCUT2D eigenvalue weighted by Gasteiger charge is 2.15. The van der Waals surface area contributed by atoms with Gasteiger partial charge in [-0.25, -0.2) is 0 Å². The molecular weight excluding hydrogens is 382 g/mol. The van der Waals surface area contributed by atoms with Gasteiger partial charge in [-0.3, -0.25) is 20.2 Å². The predicted molar refractivity (Wildman–Crippen MR) is 110 cm³/mol. The monoisotopic (exact) mass is 403 g/mol. The fraction of sp³-hybridized carbons (Fsp3) is 0.263. The third-order valence-electron chi connectivity index (χ3n) is 3.73. The normalized spacial score (nSPS) is 10.2. The number of nitro benzene ring substituents is 1. The zero-order valence-corrected chi connectivity index (χ0v) is 16.4. The summed E-state index contributed by atoms with van der Waals surface area (Å²) in [5, 5.41) is 16.3. The Morgan fingerprint density at radius 2 is 1.96 bits per heavy atom. The van der Waals surface area contributed by atoms with Crippen molar-refractivity contribution in [2.45, 2.75) is 13.8 Å². The van der Waals surface area contributed by atoms with Crippen LogP contribution in [0.5, 0.6) is 5.75 Å². The molecule has 0 aliphatic carbocycles. The lowest BCUT2D eigenvalue weighted by Crippen LogP contribution is -2.34. The van der Waals surface area contributed by atoms with Crippen molar-refractivity contribution in [1.29, 1.82) is 0 Å². The molecule has 0 atom stereocenters. The van der Waals surface area contributed by atoms with Gasteiger partial charge in [-0.15, -0.1) is 0 Å². The average Bonchev–Trinajstić information content (AvgIpc) is 2.67. The highest BCUT2D eigenvalue weighted by Crippen LogP contribution is 2.22. The Morgan fingerprint density at radius 1 is 1.21 bits per heavy atom. The molecule has 0 saturated heterocycles. The zero-order chi connectivity index (χ0) is 20.5. The van der Waals surface area contributed by atoms with Gasteiger partial charge in [0.2, 0.25) is 0 Å². The van der Waals surface area contributed by atoms with Gasteiger partial charge in [0.05, 0.1) is 17.1 Å². The molecule has 0 radical (unpaired) electrons. The number of non-ortho nitro benzene ring substituents is 1. The maximum Gasteiger partial charge on any atom is 0.271 e. The number of thiocarbonyl (C=S) groups is 1. The van der Waals surface area contributed by atoms with Crippen molar-refractivity contribution >= 4 is 34.6 Å². The van der Waals surface area contributed by atoms with Crippen LogP contribution in [0.25, 0.3) is 0 Å². The van der Waals surface area contributed by atoms with Crippen LogP contribution in [-0.4, -0.2) is 35.8 Å². The van der Waals surface area contributed by atoms with Crippen LogP contribution in [-0.2, 0) is 4.74 Å². The van der Waals surface area contributed by atoms with Gasteiger partial charge < -0.3 is 14.8 Å². The second kappa shape index (κ2) is 10.3. The number of nitrogens with one attached hydrogen (secondary N) is 2. The maximum atomic E-state index is 12.6. The third-order valence-corrected chi connectivity index (χ3v) is 3.93. The first kappa shape index (κ1) is 21.3. The zero-order valence-electron chi connectivity index (χ0n) is 15.6. The van der Waals surface area contributed by atoms with Gasteiger partial charge in [0.1, 0.15) is 12.4 Å². The molecule has 2 N–H and O–H groups in total. The summed E-state index contributed by atoms with van der Waals surface area (Å²) in [5.74, 6) is -0.0402. The Labute approximate surface area is 168 Å². The van der Waals surface area contributed by atoms with Crippen LogP contribution >= 0.6 is 12.2 Å². The van der Waals surface area contributed by atoms with Crippen molar-refractivity contribution in [3.8, 4) is 5.75 Å². The second-order valence-electron chi connectivity index (χ2n) is 5.71. The molecule has 9 heteroatoms. The number of para-hydroxylation sites is 1. The van der Waals surface area contributed by atoms with E-state index in [1.165, 1.54) is 12.1 Å². The van der Waals surface area contributed by atoms with E-state index < -0.39 is 10.8 Å². The van der Waals surface area contributed by atoms with Crippen LogP contribution in [0.3, 0.4) is 0 Å². The molecule has 148 valence electrons. The summed E-state index contributed by atoms with van der Waals surface area (Å²) in [6.07, 6.45) is 0. The Morgan fingerprint density at radius 3 is 2.68 bits per heavy atom. The number of amides is 1. The Balaban J connectivity index is 2.04. The molecule has 0 unspecified atom stereocenters. The molecule has 2 rings (SSSR count). The summed E-state index contributed by atoms with van der Waals surface area (Å²) in [4.78, 5) is 23.0. The molecule has 2 aromatic rings. The number of anilines is 1. The van der Waals surface area contributed by atoms with Crippen LogP contribution in [0.1, 0.15) is 22.8 Å². The summed E-state index contributed by atoms with van der Waals surface area (Å²) in [6, 6.07) is 11.1. The maximum absolute atomic E-state index is 12.6. The smallest absolute Gasteiger partial charge is 0.271 e. The van der Waals surface area contributed by atoms with E-state index in [-0.39, 0.29) is 10.8 Å². The molecule has 8 nitrogen and oxygen atoms in total. The molecule has 0 heterocycles. The minimum Gasteiger partial charge on any atom is -0.490 e. The van der Waals surface area contributed by atoms with E-state index in [2.05, 4.69) is 10.6 Å². The van der Waals surface area contributed by atoms with Gasteiger partial charge >= 0.3 is 0 Å². The summed E-state index contributed by atoms with van der Waals surface area (Å²) in [5.41, 5.74) is 1.44. The summed E-state index contributed by atoms with van der Waals surface area (Å²) >= 11 is 5.17. The van der Waals surface area contributed by atoms with E-state index in [0.717, 1.165) is 5.56 Å². The summed E-state index contributed by atoms with van der Waals surface area (Å²) < 4.78 is 10.8. The van der Waals surface area contributed by atoms with Gasteiger partial charge in [0.25, 0.3) is 11.6 Å². The van der Waals surface area contributed by atoms with Gasteiger partial charge in [-0.1, -0.05) is 18.2 Å². The third kappa shape index (κ3) is 6.00. The largest absolute Gasteiger partial charge is 0.490 e. The number of carbonyl (C=O) groups is 1. The van der Waals surface area contributed by atoms with Crippen molar-refractivity contribution in [3.05, 3.63) is 63.7 Å². The van der Waals surface area contributed by atoms with E-state index in [1.807, 2.05) is 6.92 Å². The van der Waals surface area contributed by atoms with E-state index >= 15 is 0 Å². The van der Waals surface area contributed by atoms with E-state index in [1.54, 1.807) is 37.3 Å². The van der Waals surface area contributed by atoms with Crippen molar-refractivity contribution in [2.75, 3.05) is 25.1 Å². The number of nitrogens with zero attached hydrogens (tertiary/aromatic N) is 1. The average molecular weight is 403 g/mol. The first-order chi connectivity index (χ1) is 13.4. The fourth-order valence-electron chi connectivity index (χ4n) is 2.32. The van der Waals surface area contributed by atoms with Gasteiger partial charge in [0, 0.05) is 24.4 Å². The van der Waals surface area contributed by atoms with Crippen molar-refractivity contribution in [1.82, 2.24) is 5.32 Å². The van der Waals surface area contributed by atoms with Crippen LogP contribution in [0.4, 0.5) is 11.4 Å². The molecule has 0 bridgehead atoms. The van der Waals surface area contributed by atoms with E-state index in [0.29, 0.717) is 36.8 Å². The fourth-order valence-corrected chi connectivity index (χ4v) is 2.52. The number of rotatable bonds is 8. The lowest BCUT2D eigenvalue weighted by atomic mass is 10.2. The minimum atomic E-state index is -0.498. The molecule has 0 fully saturated rings. The van der Waals surface area contributed by atoms with E-state index in [9.17, 15) is 14.9 Å². The predicted octanol–water partition coefficient (Wildman–Crippen LogP) is 3.45. The number of hydrogen-bond acceptors (Lipinski definition) is 6. The minimum absolute atomic E-state index is 0.0257. The quantitative estimate of drug-likeness (QED) is 0.301. The van der Waals surface area contributed by atoms with Crippen molar-refractivity contribution in [3.63, 3.8) is 0 Å². The van der Waals surface area contributed by atoms with Gasteiger partial charge in [-0.2, -0.15) is 0 Å². The Hall–Kier alpha value is -3.04. The number of carbonyl (C=O) groups excluding carboxylic acids is 1.